The number of sulfonamides is 1. The van der Waals surface area contributed by atoms with Crippen molar-refractivity contribution in [3.05, 3.63) is 168 Å². The van der Waals surface area contributed by atoms with Gasteiger partial charge in [-0.05, 0) is 74.6 Å². The molecule has 0 spiro atoms. The molecular weight excluding hydrogens is 930 g/mol. The number of rotatable bonds is 17. The number of phenols is 2. The van der Waals surface area contributed by atoms with E-state index in [1.165, 1.54) is 31.3 Å². The predicted molar refractivity (Wildman–Crippen MR) is 241 cm³/mol. The molecule has 0 saturated carbocycles. The molecule has 335 valence electrons. The van der Waals surface area contributed by atoms with Crippen LogP contribution in [0.3, 0.4) is 0 Å². The van der Waals surface area contributed by atoms with E-state index in [-0.39, 0.29) is 50.4 Å². The van der Waals surface area contributed by atoms with E-state index in [0.29, 0.717) is 27.7 Å². The molecule has 0 unspecified atom stereocenters. The Balaban J connectivity index is 0.000000277. The molecule has 6 aromatic carbocycles. The third-order valence-electron chi connectivity index (χ3n) is 7.90. The second kappa shape index (κ2) is 26.5. The Morgan fingerprint density at radius 1 is 0.688 bits per heavy atom. The van der Waals surface area contributed by atoms with E-state index < -0.39 is 10.0 Å². The van der Waals surface area contributed by atoms with Gasteiger partial charge >= 0.3 is 0 Å². The monoisotopic (exact) mass is 969 g/mol. The standard InChI is InChI=1S/C21H20N5O3S.C20H20N6O5S2.Co/c1-15-8-10-17(11-9-15)23-25-21(16-6-4-3-5-7-16)26-24-19-14-18(12-13-20(19)27)30-29-28-22-2;1-22-33(28,29)17-11-12-19(27)18(13-17)24-26-20(14-5-3-2-4-6-14)25-23-15-7-9-16(10-8-15)32-31-30-21;/h3-14,22H,1-2H3,(H-,23,24,25,26,27);2-13,22-23,27H,21H2,1H3;/q-1;;/b;25-20-,26-24?;. The minimum Gasteiger partial charge on any atom is -0.574 e. The number of amidine groups is 2. The third-order valence-corrected chi connectivity index (χ3v) is 10.5. The van der Waals surface area contributed by atoms with Crippen LogP contribution in [0.15, 0.2) is 191 Å². The fraction of sp³-hybridized carbons (Fsp3) is 0.0732. The molecule has 6 rings (SSSR count). The van der Waals surface area contributed by atoms with Crippen LogP contribution in [-0.2, 0) is 45.4 Å². The van der Waals surface area contributed by atoms with Crippen molar-refractivity contribution in [2.75, 3.05) is 19.5 Å². The summed E-state index contributed by atoms with van der Waals surface area (Å²) in [6.07, 6.45) is 0. The van der Waals surface area contributed by atoms with Gasteiger partial charge < -0.3 is 20.7 Å². The molecule has 0 fully saturated rings. The molecule has 64 heavy (non-hydrogen) atoms. The zero-order valence-corrected chi connectivity index (χ0v) is 37.5. The van der Waals surface area contributed by atoms with Crippen molar-refractivity contribution in [3.63, 3.8) is 0 Å². The smallest absolute Gasteiger partial charge is 0.240 e. The zero-order valence-electron chi connectivity index (χ0n) is 34.0. The van der Waals surface area contributed by atoms with Gasteiger partial charge in [-0.15, -0.1) is 44.8 Å². The van der Waals surface area contributed by atoms with Gasteiger partial charge in [0, 0.05) is 44.7 Å². The van der Waals surface area contributed by atoms with Gasteiger partial charge in [0.2, 0.25) is 15.9 Å². The molecule has 0 saturated heterocycles. The second-order valence-electron chi connectivity index (χ2n) is 12.3. The normalized spacial score (nSPS) is 11.8. The molecule has 0 amide bonds. The van der Waals surface area contributed by atoms with E-state index in [4.69, 9.17) is 10.2 Å². The molecule has 0 atom stereocenters. The maximum Gasteiger partial charge on any atom is 0.240 e. The largest absolute Gasteiger partial charge is 0.574 e. The van der Waals surface area contributed by atoms with Crippen LogP contribution in [0.4, 0.5) is 22.7 Å². The molecule has 0 aliphatic heterocycles. The second-order valence-corrected chi connectivity index (χ2v) is 15.7. The third kappa shape index (κ3) is 16.2. The number of anilines is 1. The molecule has 7 N–H and O–H groups in total. The quantitative estimate of drug-likeness (QED) is 0.00947. The van der Waals surface area contributed by atoms with E-state index in [0.717, 1.165) is 40.1 Å². The molecule has 0 aromatic heterocycles. The number of nitrogens with zero attached hydrogens (tertiary/aromatic N) is 7. The zero-order chi connectivity index (χ0) is 44.9. The average molecular weight is 970 g/mol. The van der Waals surface area contributed by atoms with E-state index in [9.17, 15) is 18.6 Å². The van der Waals surface area contributed by atoms with Crippen LogP contribution in [-0.4, -0.2) is 44.4 Å². The van der Waals surface area contributed by atoms with Crippen molar-refractivity contribution in [2.24, 2.45) is 36.6 Å². The summed E-state index contributed by atoms with van der Waals surface area (Å²) in [5.74, 6) is 5.07. The maximum absolute atomic E-state index is 12.0. The fourth-order valence-corrected chi connectivity index (χ4v) is 6.31. The SMILES string of the molecule is CNOOSc1ccc(O)c(N=N/C(=N\[N-]c2ccc(C)cc2)c2ccccc2)c1.CNS(=O)(=O)c1ccc(O)c(N=N/C(=N\Nc2ccc(SOON)cc2)c2ccccc2)c1.[Co]. The van der Waals surface area contributed by atoms with Crippen LogP contribution in [0.2, 0.25) is 0 Å². The number of aryl methyl sites for hydroxylation is 1. The Morgan fingerprint density at radius 2 is 1.25 bits per heavy atom. The van der Waals surface area contributed by atoms with Crippen molar-refractivity contribution in [1.29, 1.82) is 0 Å². The van der Waals surface area contributed by atoms with Crippen molar-refractivity contribution in [1.82, 2.24) is 10.2 Å². The Hall–Kier alpha value is -6.06. The first-order chi connectivity index (χ1) is 30.6. The van der Waals surface area contributed by atoms with Gasteiger partial charge in [0.25, 0.3) is 0 Å². The summed E-state index contributed by atoms with van der Waals surface area (Å²) >= 11 is 1.91. The van der Waals surface area contributed by atoms with Crippen molar-refractivity contribution >= 4 is 68.5 Å². The van der Waals surface area contributed by atoms with Crippen molar-refractivity contribution < 1.29 is 54.1 Å². The molecule has 0 bridgehead atoms. The molecule has 23 heteroatoms. The van der Waals surface area contributed by atoms with Gasteiger partial charge in [0.15, 0.2) is 5.84 Å². The van der Waals surface area contributed by atoms with Crippen LogP contribution in [0.5, 0.6) is 11.5 Å². The van der Waals surface area contributed by atoms with Gasteiger partial charge in [-0.25, -0.2) is 13.1 Å². The van der Waals surface area contributed by atoms with Crippen LogP contribution < -0.4 is 21.5 Å². The number of azo groups is 2. The number of hydrazone groups is 1. The van der Waals surface area contributed by atoms with E-state index in [1.807, 2.05) is 79.7 Å². The number of nitrogens with one attached hydrogen (secondary N) is 3. The topological polar surface area (TPSA) is 262 Å². The maximum atomic E-state index is 12.0. The summed E-state index contributed by atoms with van der Waals surface area (Å²) in [6, 6.07) is 41.6. The predicted octanol–water partition coefficient (Wildman–Crippen LogP) is 9.63. The van der Waals surface area contributed by atoms with E-state index >= 15 is 0 Å². The van der Waals surface area contributed by atoms with Crippen LogP contribution in [0, 0.1) is 6.92 Å². The molecule has 0 aliphatic carbocycles. The summed E-state index contributed by atoms with van der Waals surface area (Å²) in [6.45, 7) is 2.01. The number of hydrogen-bond acceptors (Lipinski definition) is 17. The number of hydrogen-bond donors (Lipinski definition) is 6. The summed E-state index contributed by atoms with van der Waals surface area (Å²) < 4.78 is 35.8. The van der Waals surface area contributed by atoms with Gasteiger partial charge in [-0.3, -0.25) is 5.43 Å². The van der Waals surface area contributed by atoms with E-state index in [2.05, 4.69) is 66.0 Å². The molecule has 19 nitrogen and oxygen atoms in total. The first kappa shape index (κ1) is 50.6. The minimum absolute atomic E-state index is 0. The molecule has 0 heterocycles. The van der Waals surface area contributed by atoms with Crippen LogP contribution >= 0.6 is 24.1 Å². The summed E-state index contributed by atoms with van der Waals surface area (Å²) in [5, 5.41) is 45.3. The average Bonchev–Trinajstić information content (AvgIpc) is 3.31. The molecule has 1 radical (unpaired) electrons. The van der Waals surface area contributed by atoms with Crippen LogP contribution in [0.25, 0.3) is 5.43 Å². The van der Waals surface area contributed by atoms with Gasteiger partial charge in [0.05, 0.1) is 34.7 Å². The Morgan fingerprint density at radius 3 is 1.86 bits per heavy atom. The first-order valence-corrected chi connectivity index (χ1v) is 21.2. The van der Waals surface area contributed by atoms with Gasteiger partial charge in [-0.1, -0.05) is 90.5 Å². The number of hydroxylamine groups is 1. The number of nitrogens with two attached hydrogens (primary N) is 1. The molecular formula is C41H40CoN11O8S3-. The summed E-state index contributed by atoms with van der Waals surface area (Å²) in [5.41, 5.74) is 13.6. The van der Waals surface area contributed by atoms with E-state index in [1.54, 1.807) is 55.6 Å². The minimum atomic E-state index is -3.71. The molecule has 0 aliphatic rings. The number of aromatic hydroxyl groups is 2. The number of phenolic OH excluding ortho intramolecular Hbond substituents is 2. The summed E-state index contributed by atoms with van der Waals surface area (Å²) in [4.78, 5) is 10.0. The van der Waals surface area contributed by atoms with Crippen LogP contribution in [0.1, 0.15) is 16.7 Å². The Kier molecular flexibility index (Phi) is 21.0. The number of benzene rings is 6. The van der Waals surface area contributed by atoms with Crippen molar-refractivity contribution in [3.8, 4) is 11.5 Å². The first-order valence-electron chi connectivity index (χ1n) is 18.3. The Labute approximate surface area is 387 Å². The van der Waals surface area contributed by atoms with Gasteiger partial charge in [-0.2, -0.15) is 16.5 Å². The van der Waals surface area contributed by atoms with Gasteiger partial charge in [0.1, 0.15) is 22.9 Å². The Bertz CT molecular complexity index is 2620. The summed E-state index contributed by atoms with van der Waals surface area (Å²) in [7, 11) is -0.851. The van der Waals surface area contributed by atoms with Crippen molar-refractivity contribution in [2.45, 2.75) is 21.6 Å². The fourth-order valence-electron chi connectivity index (χ4n) is 4.73. The molecule has 6 aromatic rings.